The lowest BCUT2D eigenvalue weighted by molar-refractivity contribution is 0.0620. The molecular formula is C28H39N5O2. The van der Waals surface area contributed by atoms with Crippen molar-refractivity contribution in [1.82, 2.24) is 19.7 Å². The number of nitrogens with zero attached hydrogens (tertiary/aromatic N) is 5. The maximum atomic E-state index is 12.9. The van der Waals surface area contributed by atoms with Gasteiger partial charge in [0.2, 0.25) is 0 Å². The van der Waals surface area contributed by atoms with Gasteiger partial charge in [0.15, 0.2) is 0 Å². The van der Waals surface area contributed by atoms with Crippen molar-refractivity contribution in [1.29, 1.82) is 0 Å². The number of hydrogen-bond acceptors (Lipinski definition) is 6. The van der Waals surface area contributed by atoms with Crippen molar-refractivity contribution < 1.29 is 9.90 Å². The molecule has 1 atom stereocenters. The summed E-state index contributed by atoms with van der Waals surface area (Å²) < 4.78 is 0. The van der Waals surface area contributed by atoms with Gasteiger partial charge in [-0.05, 0) is 67.5 Å². The quantitative estimate of drug-likeness (QED) is 0.690. The third kappa shape index (κ3) is 6.02. The molecule has 0 radical (unpaired) electrons. The van der Waals surface area contributed by atoms with Gasteiger partial charge in [-0.1, -0.05) is 6.07 Å². The van der Waals surface area contributed by atoms with Gasteiger partial charge in [0.05, 0.1) is 0 Å². The van der Waals surface area contributed by atoms with Crippen molar-refractivity contribution in [3.63, 3.8) is 0 Å². The molecule has 7 nitrogen and oxygen atoms in total. The van der Waals surface area contributed by atoms with Gasteiger partial charge in [0.1, 0.15) is 0 Å². The second-order valence-electron chi connectivity index (χ2n) is 10.4. The van der Waals surface area contributed by atoms with E-state index in [0.717, 1.165) is 70.8 Å². The summed E-state index contributed by atoms with van der Waals surface area (Å²) in [5.41, 5.74) is 3.27. The molecule has 3 saturated heterocycles. The fourth-order valence-corrected chi connectivity index (χ4v) is 5.92. The minimum absolute atomic E-state index is 0.0936. The molecule has 3 aliphatic rings. The fraction of sp³-hybridized carbons (Fsp3) is 0.571. The Morgan fingerprint density at radius 1 is 0.943 bits per heavy atom. The van der Waals surface area contributed by atoms with Gasteiger partial charge in [0, 0.05) is 95.2 Å². The fourth-order valence-electron chi connectivity index (χ4n) is 5.92. The number of anilines is 1. The Balaban J connectivity index is 1.08. The molecule has 3 aliphatic heterocycles. The summed E-state index contributed by atoms with van der Waals surface area (Å²) in [5, 5.41) is 9.46. The highest BCUT2D eigenvalue weighted by Crippen LogP contribution is 2.25. The number of hydrogen-bond donors (Lipinski definition) is 1. The molecule has 1 aromatic heterocycles. The molecule has 0 aliphatic carbocycles. The van der Waals surface area contributed by atoms with E-state index in [2.05, 4.69) is 37.9 Å². The molecule has 1 amide bonds. The van der Waals surface area contributed by atoms with Crippen LogP contribution in [0.25, 0.3) is 0 Å². The van der Waals surface area contributed by atoms with Gasteiger partial charge in [-0.3, -0.25) is 19.6 Å². The molecule has 0 bridgehead atoms. The standard InChI is InChI=1S/C28H39N5O2/c34-22-24-4-2-12-33(21-24)28(35)25-5-7-26(8-6-25)31-13-9-27(10-14-31)32-17-15-30(16-18-32)20-23-3-1-11-29-19-23/h1,3,5-8,11,19,24,27,34H,2,4,9-10,12-18,20-22H2/t24-/m1/s1. The molecule has 188 valence electrons. The van der Waals surface area contributed by atoms with Crippen molar-refractivity contribution in [2.45, 2.75) is 38.3 Å². The Kier molecular flexibility index (Phi) is 7.96. The Bertz CT molecular complexity index is 938. The molecule has 2 aromatic rings. The van der Waals surface area contributed by atoms with E-state index in [1.54, 1.807) is 0 Å². The SMILES string of the molecule is O=C(c1ccc(N2CCC(N3CCN(Cc4cccnc4)CC3)CC2)cc1)N1CCC[C@@H](CO)C1. The van der Waals surface area contributed by atoms with E-state index in [4.69, 9.17) is 0 Å². The lowest BCUT2D eigenvalue weighted by atomic mass is 9.98. The average Bonchev–Trinajstić information content (AvgIpc) is 2.94. The van der Waals surface area contributed by atoms with E-state index in [0.29, 0.717) is 12.6 Å². The van der Waals surface area contributed by atoms with Crippen molar-refractivity contribution in [3.05, 3.63) is 59.9 Å². The molecular weight excluding hydrogens is 438 g/mol. The lowest BCUT2D eigenvalue weighted by Crippen LogP contribution is -2.53. The third-order valence-electron chi connectivity index (χ3n) is 8.06. The number of pyridine rings is 1. The molecule has 1 N–H and O–H groups in total. The first-order valence-electron chi connectivity index (χ1n) is 13.3. The summed E-state index contributed by atoms with van der Waals surface area (Å²) in [7, 11) is 0. The third-order valence-corrected chi connectivity index (χ3v) is 8.06. The number of amides is 1. The van der Waals surface area contributed by atoms with Crippen LogP contribution in [0, 0.1) is 5.92 Å². The highest BCUT2D eigenvalue weighted by atomic mass is 16.3. The maximum absolute atomic E-state index is 12.9. The van der Waals surface area contributed by atoms with Crippen LogP contribution in [-0.4, -0.2) is 95.7 Å². The maximum Gasteiger partial charge on any atom is 0.253 e. The van der Waals surface area contributed by atoms with E-state index in [-0.39, 0.29) is 18.4 Å². The first-order chi connectivity index (χ1) is 17.2. The molecule has 0 saturated carbocycles. The minimum Gasteiger partial charge on any atom is -0.396 e. The van der Waals surface area contributed by atoms with Gasteiger partial charge in [-0.15, -0.1) is 0 Å². The Hall–Kier alpha value is -2.48. The van der Waals surface area contributed by atoms with Crippen LogP contribution in [0.4, 0.5) is 5.69 Å². The van der Waals surface area contributed by atoms with Crippen molar-refractivity contribution >= 4 is 11.6 Å². The number of benzene rings is 1. The van der Waals surface area contributed by atoms with Crippen LogP contribution in [0.1, 0.15) is 41.6 Å². The Morgan fingerprint density at radius 3 is 2.40 bits per heavy atom. The van der Waals surface area contributed by atoms with E-state index in [1.807, 2.05) is 35.5 Å². The van der Waals surface area contributed by atoms with Gasteiger partial charge >= 0.3 is 0 Å². The first-order valence-corrected chi connectivity index (χ1v) is 13.3. The van der Waals surface area contributed by atoms with Gasteiger partial charge in [-0.25, -0.2) is 0 Å². The number of aromatic nitrogens is 1. The van der Waals surface area contributed by atoms with Gasteiger partial charge in [0.25, 0.3) is 5.91 Å². The monoisotopic (exact) mass is 477 g/mol. The highest BCUT2D eigenvalue weighted by molar-refractivity contribution is 5.94. The number of rotatable bonds is 6. The Labute approximate surface area is 209 Å². The lowest BCUT2D eigenvalue weighted by Gasteiger charge is -2.43. The Morgan fingerprint density at radius 2 is 1.71 bits per heavy atom. The smallest absolute Gasteiger partial charge is 0.253 e. The molecule has 1 aromatic carbocycles. The predicted molar refractivity (Wildman–Crippen MR) is 138 cm³/mol. The zero-order valence-electron chi connectivity index (χ0n) is 20.8. The summed E-state index contributed by atoms with van der Waals surface area (Å²) in [4.78, 5) is 26.8. The second kappa shape index (κ2) is 11.5. The van der Waals surface area contributed by atoms with Crippen LogP contribution in [0.3, 0.4) is 0 Å². The molecule has 35 heavy (non-hydrogen) atoms. The van der Waals surface area contributed by atoms with Crippen molar-refractivity contribution in [2.24, 2.45) is 5.92 Å². The minimum atomic E-state index is 0.0936. The van der Waals surface area contributed by atoms with Crippen molar-refractivity contribution in [3.8, 4) is 0 Å². The van der Waals surface area contributed by atoms with Gasteiger partial charge < -0.3 is 14.9 Å². The van der Waals surface area contributed by atoms with E-state index in [1.165, 1.54) is 24.1 Å². The topological polar surface area (TPSA) is 63.2 Å². The molecule has 0 unspecified atom stereocenters. The largest absolute Gasteiger partial charge is 0.396 e. The zero-order chi connectivity index (χ0) is 24.0. The summed E-state index contributed by atoms with van der Waals surface area (Å²) >= 11 is 0. The molecule has 0 spiro atoms. The number of aliphatic hydroxyl groups is 1. The molecule has 5 rings (SSSR count). The number of aliphatic hydroxyl groups excluding tert-OH is 1. The normalized spacial score (nSPS) is 22.9. The van der Waals surface area contributed by atoms with Crippen LogP contribution in [0.5, 0.6) is 0 Å². The molecule has 3 fully saturated rings. The van der Waals surface area contributed by atoms with Crippen LogP contribution < -0.4 is 4.90 Å². The summed E-state index contributed by atoms with van der Waals surface area (Å²) in [6.07, 6.45) is 8.19. The summed E-state index contributed by atoms with van der Waals surface area (Å²) in [6, 6.07) is 13.0. The number of carbonyl (C=O) groups is 1. The predicted octanol–water partition coefficient (Wildman–Crippen LogP) is 2.71. The molecule has 7 heteroatoms. The van der Waals surface area contributed by atoms with Gasteiger partial charge in [-0.2, -0.15) is 0 Å². The number of likely N-dealkylation sites (tertiary alicyclic amines) is 1. The number of piperidine rings is 2. The van der Waals surface area contributed by atoms with Crippen LogP contribution >= 0.6 is 0 Å². The number of piperazine rings is 1. The summed E-state index contributed by atoms with van der Waals surface area (Å²) in [5.74, 6) is 0.313. The number of carbonyl (C=O) groups excluding carboxylic acids is 1. The highest BCUT2D eigenvalue weighted by Gasteiger charge is 2.28. The van der Waals surface area contributed by atoms with Crippen LogP contribution in [0.2, 0.25) is 0 Å². The van der Waals surface area contributed by atoms with E-state index in [9.17, 15) is 9.90 Å². The van der Waals surface area contributed by atoms with E-state index < -0.39 is 0 Å². The van der Waals surface area contributed by atoms with Crippen molar-refractivity contribution in [2.75, 3.05) is 63.9 Å². The molecule has 4 heterocycles. The zero-order valence-corrected chi connectivity index (χ0v) is 20.8. The first kappa shape index (κ1) is 24.2. The summed E-state index contributed by atoms with van der Waals surface area (Å²) in [6.45, 7) is 9.31. The van der Waals surface area contributed by atoms with Crippen LogP contribution in [-0.2, 0) is 6.54 Å². The second-order valence-corrected chi connectivity index (χ2v) is 10.4. The average molecular weight is 478 g/mol. The van der Waals surface area contributed by atoms with Crippen LogP contribution in [0.15, 0.2) is 48.8 Å². The van der Waals surface area contributed by atoms with E-state index >= 15 is 0 Å².